The van der Waals surface area contributed by atoms with Crippen molar-refractivity contribution >= 4 is 40.1 Å². The Balaban J connectivity index is 1.74. The molecule has 2 aliphatic rings. The Morgan fingerprint density at radius 2 is 2.07 bits per heavy atom. The number of nitro benzene ring substituents is 1. The molecule has 0 spiro atoms. The van der Waals surface area contributed by atoms with Crippen LogP contribution in [0.2, 0.25) is 0 Å². The molecule has 9 nitrogen and oxygen atoms in total. The molecule has 1 saturated heterocycles. The summed E-state index contributed by atoms with van der Waals surface area (Å²) in [6, 6.07) is 5.53. The molecule has 150 valence electrons. The first-order chi connectivity index (χ1) is 13.3. The van der Waals surface area contributed by atoms with E-state index >= 15 is 0 Å². The number of nitro groups is 1. The summed E-state index contributed by atoms with van der Waals surface area (Å²) in [6.07, 6.45) is 0.975. The number of ether oxygens (including phenoxy) is 1. The summed E-state index contributed by atoms with van der Waals surface area (Å²) in [7, 11) is -1.50. The highest BCUT2D eigenvalue weighted by Crippen LogP contribution is 2.51. The molecule has 0 radical (unpaired) electrons. The third-order valence-electron chi connectivity index (χ3n) is 4.55. The highest BCUT2D eigenvalue weighted by Gasteiger charge is 2.58. The molecule has 28 heavy (non-hydrogen) atoms. The second kappa shape index (κ2) is 8.02. The number of nitrogens with zero attached hydrogens (tertiary/aromatic N) is 2. The molecule has 1 amide bonds. The number of benzene rings is 1. The van der Waals surface area contributed by atoms with E-state index in [0.717, 1.165) is 11.8 Å². The number of esters is 1. The van der Waals surface area contributed by atoms with E-state index in [1.54, 1.807) is 6.92 Å². The zero-order chi connectivity index (χ0) is 20.6. The Bertz CT molecular complexity index is 884. The largest absolute Gasteiger partial charge is 0.456 e. The van der Waals surface area contributed by atoms with E-state index in [2.05, 4.69) is 0 Å². The van der Waals surface area contributed by atoms with Crippen LogP contribution in [0.25, 0.3) is 0 Å². The second-order valence-corrected chi connectivity index (χ2v) is 9.01. The smallest absolute Gasteiger partial charge is 0.357 e. The van der Waals surface area contributed by atoms with Crippen LogP contribution in [-0.4, -0.2) is 48.7 Å². The number of non-ortho nitro benzene ring substituents is 1. The highest BCUT2D eigenvalue weighted by atomic mass is 32.2. The predicted molar refractivity (Wildman–Crippen MR) is 102 cm³/mol. The van der Waals surface area contributed by atoms with Crippen molar-refractivity contribution in [1.29, 1.82) is 0 Å². The van der Waals surface area contributed by atoms with Crippen LogP contribution in [0.1, 0.15) is 18.9 Å². The summed E-state index contributed by atoms with van der Waals surface area (Å²) in [5.74, 6) is -1.83. The molecule has 2 heterocycles. The fourth-order valence-corrected chi connectivity index (χ4v) is 5.60. The number of aliphatic hydroxyl groups excluding tert-OH is 1. The molecule has 0 bridgehead atoms. The van der Waals surface area contributed by atoms with Gasteiger partial charge in [-0.05, 0) is 24.1 Å². The average molecular weight is 426 g/mol. The van der Waals surface area contributed by atoms with Gasteiger partial charge in [0, 0.05) is 18.4 Å². The lowest BCUT2D eigenvalue weighted by molar-refractivity contribution is -0.384. The number of carbonyl (C=O) groups excluding carboxylic acids is 2. The van der Waals surface area contributed by atoms with Gasteiger partial charge in [-0.1, -0.05) is 18.7 Å². The molecule has 4 atom stereocenters. The summed E-state index contributed by atoms with van der Waals surface area (Å²) in [6.45, 7) is 1.61. The van der Waals surface area contributed by atoms with Gasteiger partial charge in [0.05, 0.1) is 27.7 Å². The minimum absolute atomic E-state index is 0.0534. The summed E-state index contributed by atoms with van der Waals surface area (Å²) < 4.78 is 17.6. The molecule has 1 N–H and O–H groups in total. The maximum Gasteiger partial charge on any atom is 0.357 e. The zero-order valence-electron chi connectivity index (χ0n) is 15.1. The Labute approximate surface area is 167 Å². The molecule has 3 rings (SSSR count). The number of amides is 1. The third-order valence-corrected chi connectivity index (χ3v) is 7.41. The van der Waals surface area contributed by atoms with Crippen LogP contribution < -0.4 is 0 Å². The van der Waals surface area contributed by atoms with Crippen molar-refractivity contribution in [3.63, 3.8) is 0 Å². The molecule has 1 unspecified atom stereocenters. The SMILES string of the molecule is CC[C@H](O)[C@@H]1C(=O)N2C(C(=O)OCc3ccc([N+](=O)[O-])cc3)=C(S(C)=O)S[C@H]12. The standard InChI is InChI=1S/C17H18N2O7S2/c1-3-11(20)12-14(21)18-13(17(28(2)25)27-15(12)18)16(22)26-8-9-4-6-10(7-5-9)19(23)24/h4-7,11-12,15,20H,3,8H2,1-2H3/t11-,12+,15+,28?/m0/s1. The number of thioether (sulfide) groups is 1. The van der Waals surface area contributed by atoms with Crippen LogP contribution in [0.3, 0.4) is 0 Å². The van der Waals surface area contributed by atoms with Gasteiger partial charge < -0.3 is 9.84 Å². The van der Waals surface area contributed by atoms with Gasteiger partial charge in [-0.25, -0.2) is 4.79 Å². The van der Waals surface area contributed by atoms with Crippen molar-refractivity contribution in [2.24, 2.45) is 5.92 Å². The maximum atomic E-state index is 12.6. The van der Waals surface area contributed by atoms with Crippen LogP contribution in [0.5, 0.6) is 0 Å². The lowest BCUT2D eigenvalue weighted by atomic mass is 9.90. The van der Waals surface area contributed by atoms with Gasteiger partial charge >= 0.3 is 5.97 Å². The number of hydrogen-bond donors (Lipinski definition) is 1. The Hall–Kier alpha value is -2.24. The number of carbonyl (C=O) groups is 2. The van der Waals surface area contributed by atoms with Crippen molar-refractivity contribution < 1.29 is 28.6 Å². The molecule has 1 aromatic rings. The average Bonchev–Trinajstić information content (AvgIpc) is 3.01. The van der Waals surface area contributed by atoms with Crippen molar-refractivity contribution in [2.75, 3.05) is 6.26 Å². The topological polar surface area (TPSA) is 127 Å². The molecular weight excluding hydrogens is 408 g/mol. The summed E-state index contributed by atoms with van der Waals surface area (Å²) in [4.78, 5) is 36.4. The zero-order valence-corrected chi connectivity index (χ0v) is 16.7. The third kappa shape index (κ3) is 3.56. The lowest BCUT2D eigenvalue weighted by Crippen LogP contribution is -2.61. The molecule has 0 aliphatic carbocycles. The van der Waals surface area contributed by atoms with Crippen LogP contribution in [0.4, 0.5) is 5.69 Å². The monoisotopic (exact) mass is 426 g/mol. The van der Waals surface area contributed by atoms with E-state index < -0.39 is 45.0 Å². The van der Waals surface area contributed by atoms with Crippen LogP contribution in [0, 0.1) is 16.0 Å². The molecule has 2 aliphatic heterocycles. The summed E-state index contributed by atoms with van der Waals surface area (Å²) in [5, 5.41) is 20.2. The second-order valence-electron chi connectivity index (χ2n) is 6.31. The van der Waals surface area contributed by atoms with Gasteiger partial charge in [-0.2, -0.15) is 0 Å². The van der Waals surface area contributed by atoms with Gasteiger partial charge in [0.25, 0.3) is 5.69 Å². The molecule has 1 fully saturated rings. The summed E-state index contributed by atoms with van der Waals surface area (Å²) in [5.41, 5.74) is 0.403. The van der Waals surface area contributed by atoms with Gasteiger partial charge in [0.2, 0.25) is 5.91 Å². The van der Waals surface area contributed by atoms with Gasteiger partial charge in [-0.3, -0.25) is 24.0 Å². The summed E-state index contributed by atoms with van der Waals surface area (Å²) >= 11 is 1.14. The minimum Gasteiger partial charge on any atom is -0.456 e. The van der Waals surface area contributed by atoms with Gasteiger partial charge in [0.15, 0.2) is 5.70 Å². The fourth-order valence-electron chi connectivity index (χ4n) is 3.04. The highest BCUT2D eigenvalue weighted by molar-refractivity contribution is 8.17. The van der Waals surface area contributed by atoms with Gasteiger partial charge in [0.1, 0.15) is 16.2 Å². The quantitative estimate of drug-likeness (QED) is 0.301. The van der Waals surface area contributed by atoms with E-state index in [9.17, 15) is 29.0 Å². The first-order valence-corrected chi connectivity index (χ1v) is 10.9. The molecule has 0 saturated carbocycles. The normalized spacial score (nSPS) is 23.1. The van der Waals surface area contributed by atoms with Gasteiger partial charge in [-0.15, -0.1) is 0 Å². The van der Waals surface area contributed by atoms with Crippen molar-refractivity contribution in [1.82, 2.24) is 4.90 Å². The van der Waals surface area contributed by atoms with E-state index in [1.807, 2.05) is 0 Å². The fraction of sp³-hybridized carbons (Fsp3) is 0.412. The van der Waals surface area contributed by atoms with E-state index in [4.69, 9.17) is 4.74 Å². The molecule has 11 heteroatoms. The predicted octanol–water partition coefficient (Wildman–Crippen LogP) is 1.49. The Morgan fingerprint density at radius 1 is 1.43 bits per heavy atom. The van der Waals surface area contributed by atoms with Crippen molar-refractivity contribution in [3.8, 4) is 0 Å². The Kier molecular flexibility index (Phi) is 5.87. The first kappa shape index (κ1) is 20.5. The van der Waals surface area contributed by atoms with E-state index in [1.165, 1.54) is 35.4 Å². The number of β-lactam (4-membered cyclic amide) rings is 1. The van der Waals surface area contributed by atoms with Crippen molar-refractivity contribution in [2.45, 2.75) is 31.4 Å². The maximum absolute atomic E-state index is 12.6. The van der Waals surface area contributed by atoms with E-state index in [0.29, 0.717) is 12.0 Å². The molecule has 0 aromatic heterocycles. The van der Waals surface area contributed by atoms with E-state index in [-0.39, 0.29) is 22.2 Å². The lowest BCUT2D eigenvalue weighted by Gasteiger charge is -2.44. The number of hydrogen-bond acceptors (Lipinski definition) is 8. The molecule has 1 aromatic carbocycles. The number of aliphatic hydroxyl groups is 1. The van der Waals surface area contributed by atoms with Crippen LogP contribution >= 0.6 is 11.8 Å². The number of fused-ring (bicyclic) bond motifs is 1. The van der Waals surface area contributed by atoms with Crippen LogP contribution in [-0.2, 0) is 31.7 Å². The first-order valence-electron chi connectivity index (χ1n) is 8.42. The Morgan fingerprint density at radius 3 is 2.61 bits per heavy atom. The van der Waals surface area contributed by atoms with Crippen LogP contribution in [0.15, 0.2) is 34.2 Å². The molecular formula is C17H18N2O7S2. The minimum atomic E-state index is -1.50. The number of rotatable bonds is 7. The van der Waals surface area contributed by atoms with Crippen molar-refractivity contribution in [3.05, 3.63) is 49.9 Å².